The van der Waals surface area contributed by atoms with Crippen LogP contribution in [0, 0.1) is 11.8 Å². The van der Waals surface area contributed by atoms with Crippen molar-refractivity contribution in [3.05, 3.63) is 48.2 Å². The van der Waals surface area contributed by atoms with Gasteiger partial charge in [0.15, 0.2) is 0 Å². The minimum absolute atomic E-state index is 0.0583. The summed E-state index contributed by atoms with van der Waals surface area (Å²) in [6, 6.07) is 12.1. The Bertz CT molecular complexity index is 820. The Morgan fingerprint density at radius 2 is 1.50 bits per heavy atom. The van der Waals surface area contributed by atoms with Gasteiger partial charge in [0.25, 0.3) is 0 Å². The molecule has 3 nitrogen and oxygen atoms in total. The lowest BCUT2D eigenvalue weighted by atomic mass is 9.80. The summed E-state index contributed by atoms with van der Waals surface area (Å²) >= 11 is 0. The summed E-state index contributed by atoms with van der Waals surface area (Å²) in [5.41, 5.74) is 3.33. The zero-order valence-corrected chi connectivity index (χ0v) is 21.6. The second kappa shape index (κ2) is 15.0. The molecule has 2 aromatic rings. The Morgan fingerprint density at radius 3 is 2.18 bits per heavy atom. The molecule has 0 unspecified atom stereocenters. The molecule has 0 saturated heterocycles. The number of aromatic nitrogens is 1. The van der Waals surface area contributed by atoms with Gasteiger partial charge in [0, 0.05) is 11.8 Å². The second-order valence-corrected chi connectivity index (χ2v) is 10.2. The molecule has 1 saturated carbocycles. The molecule has 0 radical (unpaired) electrons. The second-order valence-electron chi connectivity index (χ2n) is 10.2. The molecular formula is C31H45NO2. The van der Waals surface area contributed by atoms with Gasteiger partial charge >= 0.3 is 5.97 Å². The minimum atomic E-state index is -0.0584. The highest BCUT2D eigenvalue weighted by Crippen LogP contribution is 2.33. The summed E-state index contributed by atoms with van der Waals surface area (Å²) in [6.45, 7) is 4.51. The van der Waals surface area contributed by atoms with Gasteiger partial charge in [-0.1, -0.05) is 77.7 Å². The molecule has 1 aromatic heterocycles. The van der Waals surface area contributed by atoms with Crippen LogP contribution in [0.4, 0.5) is 0 Å². The monoisotopic (exact) mass is 463 g/mol. The Hall–Kier alpha value is -2.16. The third-order valence-electron chi connectivity index (χ3n) is 7.41. The van der Waals surface area contributed by atoms with E-state index >= 15 is 0 Å². The highest BCUT2D eigenvalue weighted by atomic mass is 16.5. The molecule has 1 aliphatic carbocycles. The lowest BCUT2D eigenvalue weighted by molar-refractivity contribution is -0.140. The molecule has 1 fully saturated rings. The Morgan fingerprint density at radius 1 is 0.824 bits per heavy atom. The first-order valence-corrected chi connectivity index (χ1v) is 14.0. The molecule has 0 amide bonds. The number of hydrogen-bond acceptors (Lipinski definition) is 3. The van der Waals surface area contributed by atoms with Crippen molar-refractivity contribution < 1.29 is 9.53 Å². The molecule has 1 aromatic carbocycles. The van der Waals surface area contributed by atoms with Crippen LogP contribution < -0.4 is 4.74 Å². The van der Waals surface area contributed by atoms with E-state index in [4.69, 9.17) is 4.74 Å². The van der Waals surface area contributed by atoms with Crippen molar-refractivity contribution in [1.29, 1.82) is 0 Å². The topological polar surface area (TPSA) is 39.2 Å². The molecule has 1 heterocycles. The first-order chi connectivity index (χ1) is 16.7. The molecule has 0 spiro atoms. The maximum absolute atomic E-state index is 12.7. The summed E-state index contributed by atoms with van der Waals surface area (Å²) in [4.78, 5) is 17.3. The number of unbranched alkanes of at least 4 members (excludes halogenated alkanes) is 7. The Labute approximate surface area is 207 Å². The smallest absolute Gasteiger partial charge is 0.314 e. The van der Waals surface area contributed by atoms with Gasteiger partial charge in [-0.2, -0.15) is 0 Å². The van der Waals surface area contributed by atoms with E-state index in [-0.39, 0.29) is 11.9 Å². The van der Waals surface area contributed by atoms with E-state index in [1.54, 1.807) is 0 Å². The fraction of sp³-hybridized carbons (Fsp3) is 0.613. The molecule has 1 aliphatic rings. The van der Waals surface area contributed by atoms with Crippen molar-refractivity contribution in [2.24, 2.45) is 11.8 Å². The van der Waals surface area contributed by atoms with Gasteiger partial charge in [-0.05, 0) is 80.3 Å². The number of pyridine rings is 1. The van der Waals surface area contributed by atoms with E-state index < -0.39 is 0 Å². The van der Waals surface area contributed by atoms with Crippen LogP contribution in [-0.2, 0) is 11.2 Å². The standard InChI is InChI=1S/C31H45NO2/c1-3-5-7-8-9-11-13-26-16-23-30(32-24-26)27-19-21-29(22-20-27)34-31(33)28-17-14-25(15-18-28)12-10-6-4-2/h16,19-25,28H,3-15,17-18H2,1-2H3. The molecule has 186 valence electrons. The van der Waals surface area contributed by atoms with E-state index in [2.05, 4.69) is 31.0 Å². The SMILES string of the molecule is CCCCCCCCc1ccc(-c2ccc(OC(=O)C3CCC(CCCCC)CC3)cc2)nc1. The molecule has 0 atom stereocenters. The number of esters is 1. The van der Waals surface area contributed by atoms with Crippen LogP contribution in [0.5, 0.6) is 5.75 Å². The normalized spacial score (nSPS) is 18.1. The molecule has 3 rings (SSSR count). The predicted molar refractivity (Wildman–Crippen MR) is 142 cm³/mol. The van der Waals surface area contributed by atoms with Gasteiger partial charge in [0.2, 0.25) is 0 Å². The summed E-state index contributed by atoms with van der Waals surface area (Å²) in [5, 5.41) is 0. The van der Waals surface area contributed by atoms with E-state index in [9.17, 15) is 4.79 Å². The highest BCUT2D eigenvalue weighted by molar-refractivity contribution is 5.75. The van der Waals surface area contributed by atoms with Crippen LogP contribution in [-0.4, -0.2) is 11.0 Å². The quantitative estimate of drug-likeness (QED) is 0.159. The number of aryl methyl sites for hydroxylation is 1. The molecule has 0 aliphatic heterocycles. The Balaban J connectivity index is 1.41. The van der Waals surface area contributed by atoms with E-state index in [0.717, 1.165) is 36.4 Å². The van der Waals surface area contributed by atoms with Crippen LogP contribution in [0.2, 0.25) is 0 Å². The average Bonchev–Trinajstić information content (AvgIpc) is 2.87. The summed E-state index contributed by atoms with van der Waals surface area (Å²) in [5.74, 6) is 1.44. The fourth-order valence-corrected chi connectivity index (χ4v) is 5.12. The molecule has 0 N–H and O–H groups in total. The van der Waals surface area contributed by atoms with Gasteiger partial charge in [-0.15, -0.1) is 0 Å². The van der Waals surface area contributed by atoms with Crippen LogP contribution in [0.25, 0.3) is 11.3 Å². The number of carbonyl (C=O) groups excluding carboxylic acids is 1. The average molecular weight is 464 g/mol. The van der Waals surface area contributed by atoms with Crippen LogP contribution >= 0.6 is 0 Å². The Kier molecular flexibility index (Phi) is 11.6. The lowest BCUT2D eigenvalue weighted by Gasteiger charge is -2.27. The number of ether oxygens (including phenoxy) is 1. The minimum Gasteiger partial charge on any atom is -0.426 e. The molecule has 3 heteroatoms. The highest BCUT2D eigenvalue weighted by Gasteiger charge is 2.27. The molecule has 34 heavy (non-hydrogen) atoms. The van der Waals surface area contributed by atoms with Crippen LogP contribution in [0.1, 0.15) is 109 Å². The largest absolute Gasteiger partial charge is 0.426 e. The van der Waals surface area contributed by atoms with Gasteiger partial charge in [0.1, 0.15) is 5.75 Å². The van der Waals surface area contributed by atoms with Crippen molar-refractivity contribution in [1.82, 2.24) is 4.98 Å². The van der Waals surface area contributed by atoms with Crippen molar-refractivity contribution in [3.63, 3.8) is 0 Å². The van der Waals surface area contributed by atoms with Gasteiger partial charge in [0.05, 0.1) is 11.6 Å². The van der Waals surface area contributed by atoms with Crippen molar-refractivity contribution in [2.45, 2.75) is 110 Å². The zero-order valence-electron chi connectivity index (χ0n) is 21.6. The fourth-order valence-electron chi connectivity index (χ4n) is 5.12. The van der Waals surface area contributed by atoms with Gasteiger partial charge in [-0.25, -0.2) is 0 Å². The summed E-state index contributed by atoms with van der Waals surface area (Å²) in [7, 11) is 0. The summed E-state index contributed by atoms with van der Waals surface area (Å²) < 4.78 is 5.72. The van der Waals surface area contributed by atoms with E-state index in [1.165, 1.54) is 82.6 Å². The number of carbonyl (C=O) groups is 1. The number of benzene rings is 1. The predicted octanol–water partition coefficient (Wildman–Crippen LogP) is 8.94. The number of nitrogens with zero attached hydrogens (tertiary/aromatic N) is 1. The van der Waals surface area contributed by atoms with Crippen molar-refractivity contribution in [3.8, 4) is 17.0 Å². The zero-order chi connectivity index (χ0) is 24.0. The number of hydrogen-bond donors (Lipinski definition) is 0. The first-order valence-electron chi connectivity index (χ1n) is 14.0. The van der Waals surface area contributed by atoms with Gasteiger partial charge in [-0.3, -0.25) is 9.78 Å². The molecular weight excluding hydrogens is 418 g/mol. The van der Waals surface area contributed by atoms with Crippen molar-refractivity contribution in [2.75, 3.05) is 0 Å². The van der Waals surface area contributed by atoms with Gasteiger partial charge < -0.3 is 4.74 Å². The third kappa shape index (κ3) is 8.89. The summed E-state index contributed by atoms with van der Waals surface area (Å²) in [6.07, 6.45) is 20.6. The van der Waals surface area contributed by atoms with Crippen LogP contribution in [0.15, 0.2) is 42.6 Å². The maximum atomic E-state index is 12.7. The van der Waals surface area contributed by atoms with Crippen molar-refractivity contribution >= 4 is 5.97 Å². The van der Waals surface area contributed by atoms with E-state index in [1.807, 2.05) is 30.5 Å². The third-order valence-corrected chi connectivity index (χ3v) is 7.41. The first kappa shape index (κ1) is 26.4. The lowest BCUT2D eigenvalue weighted by Crippen LogP contribution is -2.25. The maximum Gasteiger partial charge on any atom is 0.314 e. The number of rotatable bonds is 14. The van der Waals surface area contributed by atoms with E-state index in [0.29, 0.717) is 5.75 Å². The van der Waals surface area contributed by atoms with Crippen LogP contribution in [0.3, 0.4) is 0 Å². The molecule has 0 bridgehead atoms.